The van der Waals surface area contributed by atoms with Gasteiger partial charge in [-0.3, -0.25) is 0 Å². The molecule has 4 heteroatoms. The molecule has 0 aliphatic rings. The van der Waals surface area contributed by atoms with E-state index in [9.17, 15) is 0 Å². The fraction of sp³-hybridized carbons (Fsp3) is 0.0164. The lowest BCUT2D eigenvalue weighted by Crippen LogP contribution is -1.93. The van der Waals surface area contributed by atoms with E-state index in [2.05, 4.69) is 216 Å². The zero-order valence-electron chi connectivity index (χ0n) is 35.6. The molecule has 4 heterocycles. The van der Waals surface area contributed by atoms with Gasteiger partial charge in [-0.2, -0.15) is 0 Å². The van der Waals surface area contributed by atoms with Crippen molar-refractivity contribution in [3.8, 4) is 39.1 Å². The summed E-state index contributed by atoms with van der Waals surface area (Å²) in [6.07, 6.45) is 8.14. The van der Waals surface area contributed by atoms with E-state index in [0.717, 1.165) is 94.1 Å². The molecule has 0 aliphatic heterocycles. The summed E-state index contributed by atoms with van der Waals surface area (Å²) >= 11 is 0. The van der Waals surface area contributed by atoms with Crippen molar-refractivity contribution in [2.75, 3.05) is 0 Å². The van der Waals surface area contributed by atoms with E-state index in [4.69, 9.17) is 8.83 Å². The molecule has 0 unspecified atom stereocenters. The molecule has 0 radical (unpaired) electrons. The molecule has 0 saturated heterocycles. The molecule has 0 saturated carbocycles. The zero-order chi connectivity index (χ0) is 43.2. The molecule has 65 heavy (non-hydrogen) atoms. The fourth-order valence-corrected chi connectivity index (χ4v) is 10.2. The van der Waals surface area contributed by atoms with Crippen molar-refractivity contribution in [3.05, 3.63) is 219 Å². The molecule has 13 rings (SSSR count). The number of para-hydroxylation sites is 3. The summed E-state index contributed by atoms with van der Waals surface area (Å²) in [4.78, 5) is 0. The van der Waals surface area contributed by atoms with Crippen molar-refractivity contribution >= 4 is 93.2 Å². The van der Waals surface area contributed by atoms with Crippen molar-refractivity contribution in [1.29, 1.82) is 0 Å². The Morgan fingerprint density at radius 3 is 1.51 bits per heavy atom. The molecular weight excluding hydrogens is 793 g/mol. The molecular formula is C61H40N2O2. The second kappa shape index (κ2) is 14.5. The van der Waals surface area contributed by atoms with Gasteiger partial charge in [0, 0.05) is 60.5 Å². The number of hydrogen-bond donors (Lipinski definition) is 0. The highest BCUT2D eigenvalue weighted by Crippen LogP contribution is 2.42. The van der Waals surface area contributed by atoms with Gasteiger partial charge in [-0.1, -0.05) is 116 Å². The van der Waals surface area contributed by atoms with Crippen molar-refractivity contribution < 1.29 is 8.83 Å². The number of allylic oxidation sites excluding steroid dienone is 5. The van der Waals surface area contributed by atoms with E-state index >= 15 is 0 Å². The predicted molar refractivity (Wildman–Crippen MR) is 274 cm³/mol. The van der Waals surface area contributed by atoms with Gasteiger partial charge in [0.2, 0.25) is 0 Å². The summed E-state index contributed by atoms with van der Waals surface area (Å²) in [7, 11) is 0. The molecule has 306 valence electrons. The lowest BCUT2D eigenvalue weighted by molar-refractivity contribution is 0.656. The van der Waals surface area contributed by atoms with Crippen LogP contribution in [0.5, 0.6) is 0 Å². The van der Waals surface area contributed by atoms with E-state index in [-0.39, 0.29) is 0 Å². The molecule has 0 amide bonds. The SMILES string of the molecule is C=C/C(=C\C=C/C)n1c2ccccc2c2cc(-c3cccc(-c4ccc5oc6cc7oc8ccc(-c9ccc%10c(c9)c9ccccc9n%10-c9ccccc9)cc8c7cc6c5c4)c3)ccc21. The fourth-order valence-electron chi connectivity index (χ4n) is 10.2. The van der Waals surface area contributed by atoms with Crippen molar-refractivity contribution in [1.82, 2.24) is 9.13 Å². The van der Waals surface area contributed by atoms with E-state index in [1.54, 1.807) is 0 Å². The molecule has 0 atom stereocenters. The summed E-state index contributed by atoms with van der Waals surface area (Å²) < 4.78 is 17.6. The number of rotatable bonds is 7. The van der Waals surface area contributed by atoms with Gasteiger partial charge >= 0.3 is 0 Å². The van der Waals surface area contributed by atoms with Crippen molar-refractivity contribution in [2.45, 2.75) is 6.92 Å². The maximum Gasteiger partial charge on any atom is 0.139 e. The first-order valence-corrected chi connectivity index (χ1v) is 22.1. The second-order valence-corrected chi connectivity index (χ2v) is 16.9. The molecule has 13 aromatic rings. The average molecular weight is 833 g/mol. The summed E-state index contributed by atoms with van der Waals surface area (Å²) in [5, 5.41) is 9.19. The second-order valence-electron chi connectivity index (χ2n) is 16.9. The van der Waals surface area contributed by atoms with Crippen LogP contribution in [0.15, 0.2) is 228 Å². The maximum absolute atomic E-state index is 6.49. The molecule has 9 aromatic carbocycles. The van der Waals surface area contributed by atoms with Gasteiger partial charge in [-0.25, -0.2) is 0 Å². The summed E-state index contributed by atoms with van der Waals surface area (Å²) in [5.74, 6) is 0. The van der Waals surface area contributed by atoms with Gasteiger partial charge in [0.25, 0.3) is 0 Å². The van der Waals surface area contributed by atoms with E-state index in [0.29, 0.717) is 0 Å². The lowest BCUT2D eigenvalue weighted by Gasteiger charge is -2.09. The topological polar surface area (TPSA) is 36.1 Å². The van der Waals surface area contributed by atoms with Crippen LogP contribution in [0.4, 0.5) is 0 Å². The molecule has 0 bridgehead atoms. The minimum Gasteiger partial charge on any atom is -0.456 e. The Hall–Kier alpha value is -8.60. The monoisotopic (exact) mass is 832 g/mol. The van der Waals surface area contributed by atoms with Crippen LogP contribution in [0.2, 0.25) is 0 Å². The molecule has 0 spiro atoms. The van der Waals surface area contributed by atoms with Crippen LogP contribution in [-0.2, 0) is 0 Å². The first-order chi connectivity index (χ1) is 32.1. The summed E-state index contributed by atoms with van der Waals surface area (Å²) in [5.41, 5.74) is 17.1. The van der Waals surface area contributed by atoms with Gasteiger partial charge < -0.3 is 18.0 Å². The van der Waals surface area contributed by atoms with Crippen LogP contribution in [-0.4, -0.2) is 9.13 Å². The first-order valence-electron chi connectivity index (χ1n) is 22.1. The number of hydrogen-bond acceptors (Lipinski definition) is 2. The Bertz CT molecular complexity index is 4150. The highest BCUT2D eigenvalue weighted by molar-refractivity contribution is 6.17. The highest BCUT2D eigenvalue weighted by atomic mass is 16.3. The first kappa shape index (κ1) is 37.0. The van der Waals surface area contributed by atoms with Gasteiger partial charge in [-0.15, -0.1) is 0 Å². The van der Waals surface area contributed by atoms with Crippen LogP contribution in [0.3, 0.4) is 0 Å². The maximum atomic E-state index is 6.49. The van der Waals surface area contributed by atoms with Gasteiger partial charge in [0.15, 0.2) is 0 Å². The summed E-state index contributed by atoms with van der Waals surface area (Å²) in [6.45, 7) is 6.17. The molecule has 0 fully saturated rings. The summed E-state index contributed by atoms with van der Waals surface area (Å²) in [6, 6.07) is 67.7. The quantitative estimate of drug-likeness (QED) is 0.150. The number of nitrogens with zero attached hydrogens (tertiary/aromatic N) is 2. The Labute approximate surface area is 374 Å². The van der Waals surface area contributed by atoms with Gasteiger partial charge in [0.1, 0.15) is 22.3 Å². The minimum atomic E-state index is 0.811. The Morgan fingerprint density at radius 1 is 0.400 bits per heavy atom. The smallest absolute Gasteiger partial charge is 0.139 e. The number of furan rings is 2. The lowest BCUT2D eigenvalue weighted by atomic mass is 9.97. The third kappa shape index (κ3) is 5.77. The number of benzene rings is 9. The third-order valence-corrected chi connectivity index (χ3v) is 13.2. The third-order valence-electron chi connectivity index (χ3n) is 13.2. The number of aromatic nitrogens is 2. The van der Waals surface area contributed by atoms with E-state index < -0.39 is 0 Å². The van der Waals surface area contributed by atoms with Gasteiger partial charge in [0.05, 0.1) is 22.1 Å². The molecule has 4 aromatic heterocycles. The Balaban J connectivity index is 0.890. The van der Waals surface area contributed by atoms with Crippen LogP contribution in [0.25, 0.3) is 132 Å². The van der Waals surface area contributed by atoms with Crippen LogP contribution in [0, 0.1) is 0 Å². The van der Waals surface area contributed by atoms with Crippen LogP contribution < -0.4 is 0 Å². The Morgan fingerprint density at radius 2 is 0.877 bits per heavy atom. The van der Waals surface area contributed by atoms with Crippen LogP contribution >= 0.6 is 0 Å². The zero-order valence-corrected chi connectivity index (χ0v) is 35.6. The van der Waals surface area contributed by atoms with Crippen molar-refractivity contribution in [3.63, 3.8) is 0 Å². The van der Waals surface area contributed by atoms with Crippen LogP contribution in [0.1, 0.15) is 6.92 Å². The predicted octanol–water partition coefficient (Wildman–Crippen LogP) is 17.3. The molecule has 0 N–H and O–H groups in total. The molecule has 4 nitrogen and oxygen atoms in total. The normalized spacial score (nSPS) is 12.5. The Kier molecular flexibility index (Phi) is 8.24. The van der Waals surface area contributed by atoms with Crippen molar-refractivity contribution in [2.24, 2.45) is 0 Å². The minimum absolute atomic E-state index is 0.811. The highest BCUT2D eigenvalue weighted by Gasteiger charge is 2.18. The largest absolute Gasteiger partial charge is 0.456 e. The standard InChI is InChI=1S/C61H40N2O2/c1-3-5-16-44(4-2)62-54-21-11-9-19-46(54)48-32-40(23-27-56(48)62)38-14-13-15-39(31-38)42-25-29-58-50(34-42)52-36-53-51-35-43(26-30-59(51)65-61(53)37-60(52)64-58)41-24-28-57-49(33-41)47-20-10-12-22-55(47)63(57)45-17-7-6-8-18-45/h3-37H,2H2,1H3/b5-3-,44-16+. The average Bonchev–Trinajstić information content (AvgIpc) is 4.10. The van der Waals surface area contributed by atoms with Gasteiger partial charge in [-0.05, 0) is 137 Å². The number of fused-ring (bicyclic) bond motifs is 12. The molecule has 0 aliphatic carbocycles. The van der Waals surface area contributed by atoms with E-state index in [1.807, 2.05) is 19.1 Å². The van der Waals surface area contributed by atoms with E-state index in [1.165, 1.54) is 38.1 Å².